The third-order valence-electron chi connectivity index (χ3n) is 6.52. The second-order valence-corrected chi connectivity index (χ2v) is 8.20. The van der Waals surface area contributed by atoms with Gasteiger partial charge < -0.3 is 18.9 Å². The van der Waals surface area contributed by atoms with Gasteiger partial charge in [-0.3, -0.25) is 4.79 Å². The average Bonchev–Trinajstić information content (AvgIpc) is 3.30. The lowest BCUT2D eigenvalue weighted by Gasteiger charge is -2.36. The Balaban J connectivity index is 1.26. The number of hydrogen-bond acceptors (Lipinski definition) is 3. The third-order valence-corrected chi connectivity index (χ3v) is 6.52. The normalized spacial score (nSPS) is 24.3. The first kappa shape index (κ1) is 17.1. The summed E-state index contributed by atoms with van der Waals surface area (Å²) < 4.78 is 14.3. The van der Waals surface area contributed by atoms with Crippen LogP contribution in [0.25, 0.3) is 10.9 Å². The second kappa shape index (κ2) is 7.19. The fraction of sp³-hybridized carbons (Fsp3) is 0.591. The summed E-state index contributed by atoms with van der Waals surface area (Å²) in [5.74, 6) is 1.64. The van der Waals surface area contributed by atoms with Gasteiger partial charge in [0, 0.05) is 50.0 Å². The van der Waals surface area contributed by atoms with Gasteiger partial charge in [0.25, 0.3) is 0 Å². The van der Waals surface area contributed by atoms with Crippen LogP contribution in [-0.4, -0.2) is 47.8 Å². The number of aromatic nitrogens is 1. The van der Waals surface area contributed by atoms with Crippen LogP contribution in [0.2, 0.25) is 0 Å². The smallest absolute Gasteiger partial charge is 0.225 e. The van der Waals surface area contributed by atoms with Crippen LogP contribution >= 0.6 is 0 Å². The fourth-order valence-electron chi connectivity index (χ4n) is 4.61. The third kappa shape index (κ3) is 3.22. The standard InChI is InChI=1S/C22H28N2O3/c25-22(16-3-1-4-16)23-11-7-18(8-12-23)27-21-6-2-5-20-19(21)9-13-24(20)17-10-14-26-15-17/h2,5-6,9,13,16-18H,1,3-4,7-8,10-12,14-15H2. The Labute approximate surface area is 160 Å². The number of carbonyl (C=O) groups is 1. The molecule has 1 aliphatic carbocycles. The highest BCUT2D eigenvalue weighted by molar-refractivity contribution is 5.86. The summed E-state index contributed by atoms with van der Waals surface area (Å²) in [6, 6.07) is 8.92. The van der Waals surface area contributed by atoms with Gasteiger partial charge in [-0.05, 0) is 37.5 Å². The molecule has 5 rings (SSSR count). The summed E-state index contributed by atoms with van der Waals surface area (Å²) >= 11 is 0. The van der Waals surface area contributed by atoms with Crippen LogP contribution in [0.15, 0.2) is 30.5 Å². The van der Waals surface area contributed by atoms with Gasteiger partial charge in [-0.1, -0.05) is 12.5 Å². The minimum absolute atomic E-state index is 0.194. The number of nitrogens with zero attached hydrogens (tertiary/aromatic N) is 2. The molecule has 1 saturated carbocycles. The summed E-state index contributed by atoms with van der Waals surface area (Å²) in [6.07, 6.45) is 8.66. The Morgan fingerprint density at radius 3 is 2.63 bits per heavy atom. The summed E-state index contributed by atoms with van der Waals surface area (Å²) in [7, 11) is 0. The number of benzene rings is 1. The van der Waals surface area contributed by atoms with E-state index >= 15 is 0 Å². The molecule has 2 aliphatic heterocycles. The molecule has 3 heterocycles. The van der Waals surface area contributed by atoms with Crippen molar-refractivity contribution in [3.05, 3.63) is 30.5 Å². The summed E-state index contributed by atoms with van der Waals surface area (Å²) in [6.45, 7) is 3.30. The van der Waals surface area contributed by atoms with Crippen molar-refractivity contribution in [2.45, 2.75) is 50.7 Å². The van der Waals surface area contributed by atoms with Crippen molar-refractivity contribution in [3.63, 3.8) is 0 Å². The van der Waals surface area contributed by atoms with Crippen molar-refractivity contribution in [3.8, 4) is 5.75 Å². The minimum Gasteiger partial charge on any atom is -0.490 e. The molecule has 1 aromatic heterocycles. The number of ether oxygens (including phenoxy) is 2. The van der Waals surface area contributed by atoms with Gasteiger partial charge in [0.15, 0.2) is 0 Å². The van der Waals surface area contributed by atoms with E-state index in [4.69, 9.17) is 9.47 Å². The predicted octanol–water partition coefficient (Wildman–Crippen LogP) is 3.77. The van der Waals surface area contributed by atoms with E-state index < -0.39 is 0 Å². The van der Waals surface area contributed by atoms with Crippen molar-refractivity contribution < 1.29 is 14.3 Å². The number of carbonyl (C=O) groups excluding carboxylic acids is 1. The van der Waals surface area contributed by atoms with E-state index in [0.29, 0.717) is 17.9 Å². The Hall–Kier alpha value is -2.01. The van der Waals surface area contributed by atoms with E-state index in [0.717, 1.165) is 64.2 Å². The van der Waals surface area contributed by atoms with Gasteiger partial charge in [0.2, 0.25) is 5.91 Å². The molecule has 1 aromatic carbocycles. The van der Waals surface area contributed by atoms with Crippen molar-refractivity contribution in [1.29, 1.82) is 0 Å². The average molecular weight is 368 g/mol. The molecular formula is C22H28N2O3. The Morgan fingerprint density at radius 2 is 1.93 bits per heavy atom. The molecule has 144 valence electrons. The number of fused-ring (bicyclic) bond motifs is 1. The van der Waals surface area contributed by atoms with Crippen molar-refractivity contribution in [2.75, 3.05) is 26.3 Å². The quantitative estimate of drug-likeness (QED) is 0.825. The van der Waals surface area contributed by atoms with Gasteiger partial charge in [0.05, 0.1) is 18.2 Å². The predicted molar refractivity (Wildman–Crippen MR) is 104 cm³/mol. The van der Waals surface area contributed by atoms with Crippen LogP contribution in [0.1, 0.15) is 44.6 Å². The number of rotatable bonds is 4. The maximum atomic E-state index is 12.4. The Morgan fingerprint density at radius 1 is 1.07 bits per heavy atom. The fourth-order valence-corrected chi connectivity index (χ4v) is 4.61. The molecule has 5 heteroatoms. The highest BCUT2D eigenvalue weighted by atomic mass is 16.5. The van der Waals surface area contributed by atoms with Gasteiger partial charge in [-0.25, -0.2) is 0 Å². The Kier molecular flexibility index (Phi) is 4.56. The zero-order valence-electron chi connectivity index (χ0n) is 15.8. The van der Waals surface area contributed by atoms with Crippen LogP contribution in [0, 0.1) is 5.92 Å². The molecule has 27 heavy (non-hydrogen) atoms. The van der Waals surface area contributed by atoms with Crippen LogP contribution in [0.5, 0.6) is 5.75 Å². The number of hydrogen-bond donors (Lipinski definition) is 0. The second-order valence-electron chi connectivity index (χ2n) is 8.20. The highest BCUT2D eigenvalue weighted by Gasteiger charge is 2.32. The minimum atomic E-state index is 0.194. The SMILES string of the molecule is O=C(C1CCC1)N1CCC(Oc2cccc3c2ccn3C2CCOC2)CC1. The van der Waals surface area contributed by atoms with E-state index in [1.165, 1.54) is 17.3 Å². The van der Waals surface area contributed by atoms with Crippen molar-refractivity contribution in [1.82, 2.24) is 9.47 Å². The molecule has 0 N–H and O–H groups in total. The lowest BCUT2D eigenvalue weighted by molar-refractivity contribution is -0.140. The van der Waals surface area contributed by atoms with Crippen molar-refractivity contribution >= 4 is 16.8 Å². The maximum absolute atomic E-state index is 12.4. The molecule has 2 saturated heterocycles. The summed E-state index contributed by atoms with van der Waals surface area (Å²) in [4.78, 5) is 14.5. The lowest BCUT2D eigenvalue weighted by Crippen LogP contribution is -2.45. The van der Waals surface area contributed by atoms with Crippen LogP contribution in [-0.2, 0) is 9.53 Å². The lowest BCUT2D eigenvalue weighted by atomic mass is 9.84. The Bertz CT molecular complexity index is 812. The molecular weight excluding hydrogens is 340 g/mol. The molecule has 0 spiro atoms. The maximum Gasteiger partial charge on any atom is 0.225 e. The van der Waals surface area contributed by atoms with E-state index in [-0.39, 0.29) is 6.10 Å². The van der Waals surface area contributed by atoms with Gasteiger partial charge in [0.1, 0.15) is 11.9 Å². The molecule has 3 fully saturated rings. The first-order valence-corrected chi connectivity index (χ1v) is 10.4. The van der Waals surface area contributed by atoms with E-state index in [2.05, 4.69) is 39.9 Å². The molecule has 1 unspecified atom stereocenters. The zero-order valence-corrected chi connectivity index (χ0v) is 15.8. The first-order chi connectivity index (χ1) is 13.3. The molecule has 1 atom stereocenters. The van der Waals surface area contributed by atoms with Crippen molar-refractivity contribution in [2.24, 2.45) is 5.92 Å². The number of piperidine rings is 1. The van der Waals surface area contributed by atoms with Crippen LogP contribution < -0.4 is 4.74 Å². The van der Waals surface area contributed by atoms with E-state index in [1.807, 2.05) is 0 Å². The number of amides is 1. The largest absolute Gasteiger partial charge is 0.490 e. The molecule has 2 aromatic rings. The zero-order chi connectivity index (χ0) is 18.2. The monoisotopic (exact) mass is 368 g/mol. The molecule has 3 aliphatic rings. The molecule has 0 radical (unpaired) electrons. The van der Waals surface area contributed by atoms with Gasteiger partial charge in [-0.2, -0.15) is 0 Å². The van der Waals surface area contributed by atoms with Crippen LogP contribution in [0.3, 0.4) is 0 Å². The summed E-state index contributed by atoms with van der Waals surface area (Å²) in [5, 5.41) is 1.18. The summed E-state index contributed by atoms with van der Waals surface area (Å²) in [5.41, 5.74) is 1.22. The first-order valence-electron chi connectivity index (χ1n) is 10.4. The van der Waals surface area contributed by atoms with Crippen LogP contribution in [0.4, 0.5) is 0 Å². The van der Waals surface area contributed by atoms with Gasteiger partial charge in [-0.15, -0.1) is 0 Å². The van der Waals surface area contributed by atoms with Gasteiger partial charge >= 0.3 is 0 Å². The van der Waals surface area contributed by atoms with E-state index in [9.17, 15) is 4.79 Å². The number of likely N-dealkylation sites (tertiary alicyclic amines) is 1. The molecule has 1 amide bonds. The topological polar surface area (TPSA) is 43.7 Å². The highest BCUT2D eigenvalue weighted by Crippen LogP contribution is 2.33. The van der Waals surface area contributed by atoms with E-state index in [1.54, 1.807) is 0 Å². The molecule has 0 bridgehead atoms. The molecule has 5 nitrogen and oxygen atoms in total.